The van der Waals surface area contributed by atoms with Gasteiger partial charge in [-0.2, -0.15) is 5.26 Å². The lowest BCUT2D eigenvalue weighted by Gasteiger charge is -2.05. The van der Waals surface area contributed by atoms with Crippen LogP contribution in [0.2, 0.25) is 0 Å². The van der Waals surface area contributed by atoms with Crippen molar-refractivity contribution >= 4 is 10.8 Å². The van der Waals surface area contributed by atoms with Crippen molar-refractivity contribution in [1.29, 1.82) is 5.26 Å². The molecule has 0 saturated carbocycles. The van der Waals surface area contributed by atoms with Crippen molar-refractivity contribution in [2.45, 2.75) is 17.1 Å². The van der Waals surface area contributed by atoms with Crippen LogP contribution < -0.4 is 4.74 Å². The van der Waals surface area contributed by atoms with Crippen LogP contribution >= 0.6 is 0 Å². The van der Waals surface area contributed by atoms with E-state index in [0.717, 1.165) is 0 Å². The maximum Gasteiger partial charge on any atom is 0.123 e. The zero-order valence-electron chi connectivity index (χ0n) is 8.06. The van der Waals surface area contributed by atoms with E-state index in [2.05, 4.69) is 0 Å². The van der Waals surface area contributed by atoms with E-state index < -0.39 is 16.0 Å². The summed E-state index contributed by atoms with van der Waals surface area (Å²) in [7, 11) is 0.270. The first-order valence-electron chi connectivity index (χ1n) is 4.13. The van der Waals surface area contributed by atoms with Crippen molar-refractivity contribution in [3.63, 3.8) is 0 Å². The average Bonchev–Trinajstić information content (AvgIpc) is 2.27. The highest BCUT2D eigenvalue weighted by molar-refractivity contribution is 7.86. The van der Waals surface area contributed by atoms with E-state index in [0.29, 0.717) is 10.6 Å². The predicted molar refractivity (Wildman–Crippen MR) is 54.5 cm³/mol. The molecule has 74 valence electrons. The van der Waals surface area contributed by atoms with Gasteiger partial charge >= 0.3 is 0 Å². The highest BCUT2D eigenvalue weighted by atomic mass is 32.2. The van der Waals surface area contributed by atoms with Crippen molar-refractivity contribution in [1.82, 2.24) is 0 Å². The van der Waals surface area contributed by atoms with Crippen LogP contribution in [0, 0.1) is 11.3 Å². The molecule has 0 bridgehead atoms. The molecule has 4 heteroatoms. The van der Waals surface area contributed by atoms with Crippen molar-refractivity contribution in [2.24, 2.45) is 0 Å². The molecule has 0 aliphatic rings. The van der Waals surface area contributed by atoms with Crippen molar-refractivity contribution in [3.8, 4) is 11.8 Å². The van der Waals surface area contributed by atoms with E-state index in [1.807, 2.05) is 6.07 Å². The normalized spacial score (nSPS) is 14.1. The van der Waals surface area contributed by atoms with E-state index in [1.165, 1.54) is 0 Å². The molecular formula is C10H11NO2S. The van der Waals surface area contributed by atoms with E-state index in [-0.39, 0.29) is 0 Å². The van der Waals surface area contributed by atoms with E-state index in [1.54, 1.807) is 38.3 Å². The Morgan fingerprint density at radius 3 is 2.86 bits per heavy atom. The monoisotopic (exact) mass is 209 g/mol. The second-order valence-electron chi connectivity index (χ2n) is 2.75. The number of methoxy groups -OCH3 is 1. The van der Waals surface area contributed by atoms with Gasteiger partial charge in [-0.1, -0.05) is 6.07 Å². The minimum absolute atomic E-state index is 0.498. The first kappa shape index (κ1) is 10.7. The van der Waals surface area contributed by atoms with E-state index in [9.17, 15) is 4.21 Å². The molecule has 2 unspecified atom stereocenters. The number of benzene rings is 1. The molecule has 0 aliphatic carbocycles. The summed E-state index contributed by atoms with van der Waals surface area (Å²) >= 11 is 0. The summed E-state index contributed by atoms with van der Waals surface area (Å²) in [6.45, 7) is 1.63. The summed E-state index contributed by atoms with van der Waals surface area (Å²) in [5, 5.41) is 8.12. The van der Waals surface area contributed by atoms with Crippen LogP contribution in [-0.4, -0.2) is 16.6 Å². The predicted octanol–water partition coefficient (Wildman–Crippen LogP) is 1.71. The Morgan fingerprint density at radius 2 is 2.29 bits per heavy atom. The van der Waals surface area contributed by atoms with E-state index >= 15 is 0 Å². The summed E-state index contributed by atoms with van der Waals surface area (Å²) in [5.74, 6) is 0.654. The molecule has 0 N–H and O–H groups in total. The first-order valence-corrected chi connectivity index (χ1v) is 5.34. The van der Waals surface area contributed by atoms with Gasteiger partial charge in [0.15, 0.2) is 0 Å². The van der Waals surface area contributed by atoms with Crippen LogP contribution in [-0.2, 0) is 10.8 Å². The minimum atomic E-state index is -1.28. The Morgan fingerprint density at radius 1 is 1.57 bits per heavy atom. The second-order valence-corrected chi connectivity index (χ2v) is 4.52. The third kappa shape index (κ3) is 2.33. The number of ether oxygens (including phenoxy) is 1. The lowest BCUT2D eigenvalue weighted by atomic mass is 10.3. The smallest absolute Gasteiger partial charge is 0.123 e. The molecule has 1 aromatic carbocycles. The molecule has 1 aromatic rings. The molecule has 0 amide bonds. The first-order chi connectivity index (χ1) is 6.69. The van der Waals surface area contributed by atoms with Gasteiger partial charge in [-0.25, -0.2) is 0 Å². The molecule has 0 aromatic heterocycles. The van der Waals surface area contributed by atoms with Gasteiger partial charge in [0.1, 0.15) is 11.0 Å². The van der Waals surface area contributed by atoms with E-state index in [4.69, 9.17) is 10.00 Å². The van der Waals surface area contributed by atoms with Crippen LogP contribution in [0.3, 0.4) is 0 Å². The molecule has 0 fully saturated rings. The fraction of sp³-hybridized carbons (Fsp3) is 0.300. The molecule has 3 nitrogen and oxygen atoms in total. The third-order valence-electron chi connectivity index (χ3n) is 1.78. The topological polar surface area (TPSA) is 50.1 Å². The van der Waals surface area contributed by atoms with Gasteiger partial charge in [0.05, 0.1) is 24.0 Å². The molecule has 0 saturated heterocycles. The van der Waals surface area contributed by atoms with Crippen molar-refractivity contribution in [3.05, 3.63) is 24.3 Å². The van der Waals surface area contributed by atoms with Gasteiger partial charge in [-0.3, -0.25) is 4.21 Å². The van der Waals surface area contributed by atoms with Gasteiger partial charge in [0, 0.05) is 4.90 Å². The lowest BCUT2D eigenvalue weighted by Crippen LogP contribution is -2.07. The van der Waals surface area contributed by atoms with Gasteiger partial charge < -0.3 is 4.74 Å². The van der Waals surface area contributed by atoms with Crippen LogP contribution in [0.15, 0.2) is 29.2 Å². The Hall–Kier alpha value is -1.34. The Balaban J connectivity index is 2.97. The summed E-state index contributed by atoms with van der Waals surface area (Å²) in [6.07, 6.45) is 0. The molecule has 0 aliphatic heterocycles. The Labute approximate surface area is 85.8 Å². The molecule has 0 heterocycles. The fourth-order valence-corrected chi connectivity index (χ4v) is 1.93. The number of nitriles is 1. The number of hydrogen-bond donors (Lipinski definition) is 0. The maximum atomic E-state index is 11.7. The maximum absolute atomic E-state index is 11.7. The Kier molecular flexibility index (Phi) is 3.66. The average molecular weight is 209 g/mol. The molecular weight excluding hydrogens is 198 g/mol. The third-order valence-corrected chi connectivity index (χ3v) is 3.24. The highest BCUT2D eigenvalue weighted by Crippen LogP contribution is 2.17. The largest absolute Gasteiger partial charge is 0.497 e. The van der Waals surface area contributed by atoms with Gasteiger partial charge in [-0.05, 0) is 25.1 Å². The molecule has 0 radical (unpaired) electrons. The standard InChI is InChI=1S/C10H11NO2S/c1-8(7-11)14(12)10-5-3-4-9(6-10)13-2/h3-6,8H,1-2H3. The van der Waals surface area contributed by atoms with Crippen LogP contribution in [0.4, 0.5) is 0 Å². The minimum Gasteiger partial charge on any atom is -0.497 e. The van der Waals surface area contributed by atoms with Crippen LogP contribution in [0.25, 0.3) is 0 Å². The highest BCUT2D eigenvalue weighted by Gasteiger charge is 2.12. The summed E-state index contributed by atoms with van der Waals surface area (Å²) in [5.41, 5.74) is 0. The van der Waals surface area contributed by atoms with Gasteiger partial charge in [0.2, 0.25) is 0 Å². The quantitative estimate of drug-likeness (QED) is 0.761. The van der Waals surface area contributed by atoms with Gasteiger partial charge in [0.25, 0.3) is 0 Å². The molecule has 0 spiro atoms. The number of nitrogens with zero attached hydrogens (tertiary/aromatic N) is 1. The summed E-state index contributed by atoms with van der Waals surface area (Å²) < 4.78 is 16.7. The van der Waals surface area contributed by atoms with Crippen LogP contribution in [0.1, 0.15) is 6.92 Å². The number of rotatable bonds is 3. The Bertz CT molecular complexity index is 384. The lowest BCUT2D eigenvalue weighted by molar-refractivity contribution is 0.413. The number of hydrogen-bond acceptors (Lipinski definition) is 3. The second kappa shape index (κ2) is 4.77. The molecule has 1 rings (SSSR count). The van der Waals surface area contributed by atoms with Crippen molar-refractivity contribution in [2.75, 3.05) is 7.11 Å². The SMILES string of the molecule is COc1cccc(S(=O)C(C)C#N)c1. The zero-order chi connectivity index (χ0) is 10.6. The summed E-state index contributed by atoms with van der Waals surface area (Å²) in [6, 6.07) is 8.91. The summed E-state index contributed by atoms with van der Waals surface area (Å²) in [4.78, 5) is 0.624. The fourth-order valence-electron chi connectivity index (χ4n) is 0.978. The molecule has 14 heavy (non-hydrogen) atoms. The van der Waals surface area contributed by atoms with Crippen molar-refractivity contribution < 1.29 is 8.95 Å². The molecule has 2 atom stereocenters. The van der Waals surface area contributed by atoms with Gasteiger partial charge in [-0.15, -0.1) is 0 Å². The zero-order valence-corrected chi connectivity index (χ0v) is 8.88. The van der Waals surface area contributed by atoms with Crippen LogP contribution in [0.5, 0.6) is 5.75 Å².